The Morgan fingerprint density at radius 2 is 2.21 bits per heavy atom. The molecule has 0 aliphatic heterocycles. The molecule has 1 heterocycles. The van der Waals surface area contributed by atoms with Gasteiger partial charge in [-0.25, -0.2) is 4.79 Å². The lowest BCUT2D eigenvalue weighted by Crippen LogP contribution is -2.13. The molecule has 0 bridgehead atoms. The molecule has 5 heteroatoms. The van der Waals surface area contributed by atoms with Crippen molar-refractivity contribution in [3.05, 3.63) is 17.5 Å². The third-order valence-electron chi connectivity index (χ3n) is 1.98. The molecule has 0 atom stereocenters. The molecule has 1 aromatic heterocycles. The number of hydrogen-bond acceptors (Lipinski definition) is 3. The summed E-state index contributed by atoms with van der Waals surface area (Å²) >= 11 is 0. The average Bonchev–Trinajstić information content (AvgIpc) is 2.48. The Kier molecular flexibility index (Phi) is 3.01. The smallest absolute Gasteiger partial charge is 0.377 e. The fourth-order valence-electron chi connectivity index (χ4n) is 1.22. The molecule has 0 aliphatic rings. The number of rotatable bonds is 4. The predicted molar refractivity (Wildman–Crippen MR) is 49.2 cm³/mol. The van der Waals surface area contributed by atoms with E-state index in [1.807, 2.05) is 6.92 Å². The van der Waals surface area contributed by atoms with Gasteiger partial charge >= 0.3 is 5.97 Å². The second-order valence-corrected chi connectivity index (χ2v) is 3.00. The van der Waals surface area contributed by atoms with Gasteiger partial charge in [-0.15, -0.1) is 0 Å². The van der Waals surface area contributed by atoms with Gasteiger partial charge in [-0.1, -0.05) is 6.92 Å². The third kappa shape index (κ3) is 1.81. The van der Waals surface area contributed by atoms with Crippen LogP contribution in [-0.2, 0) is 11.3 Å². The molecule has 0 spiro atoms. The van der Waals surface area contributed by atoms with Gasteiger partial charge in [-0.3, -0.25) is 9.48 Å². The number of carbonyl (C=O) groups is 2. The standard InChI is InChI=1S/C9H12N2O3/c1-3-4-11-6(2)7(5-10-11)8(12)9(13)14/h5H,3-4H2,1-2H3,(H,13,14). The number of aliphatic carboxylic acids is 1. The molecule has 14 heavy (non-hydrogen) atoms. The van der Waals surface area contributed by atoms with E-state index in [4.69, 9.17) is 5.11 Å². The molecular weight excluding hydrogens is 184 g/mol. The molecule has 76 valence electrons. The summed E-state index contributed by atoms with van der Waals surface area (Å²) in [5.41, 5.74) is 0.783. The van der Waals surface area contributed by atoms with Crippen LogP contribution in [0.2, 0.25) is 0 Å². The van der Waals surface area contributed by atoms with Gasteiger partial charge in [-0.2, -0.15) is 5.10 Å². The van der Waals surface area contributed by atoms with Gasteiger partial charge in [0.1, 0.15) is 0 Å². The van der Waals surface area contributed by atoms with Crippen molar-refractivity contribution in [3.63, 3.8) is 0 Å². The number of nitrogens with zero attached hydrogens (tertiary/aromatic N) is 2. The van der Waals surface area contributed by atoms with Crippen molar-refractivity contribution in [1.29, 1.82) is 0 Å². The lowest BCUT2D eigenvalue weighted by Gasteiger charge is -2.01. The van der Waals surface area contributed by atoms with E-state index in [2.05, 4.69) is 5.10 Å². The Bertz CT molecular complexity index is 368. The zero-order valence-electron chi connectivity index (χ0n) is 8.15. The summed E-state index contributed by atoms with van der Waals surface area (Å²) < 4.78 is 1.64. The molecule has 0 saturated carbocycles. The van der Waals surface area contributed by atoms with Crippen molar-refractivity contribution in [1.82, 2.24) is 9.78 Å². The van der Waals surface area contributed by atoms with Crippen molar-refractivity contribution in [2.45, 2.75) is 26.8 Å². The average molecular weight is 196 g/mol. The molecule has 1 aromatic rings. The zero-order chi connectivity index (χ0) is 10.7. The Hall–Kier alpha value is -1.65. The van der Waals surface area contributed by atoms with E-state index in [-0.39, 0.29) is 5.56 Å². The molecule has 0 aromatic carbocycles. The molecule has 1 N–H and O–H groups in total. The highest BCUT2D eigenvalue weighted by molar-refractivity contribution is 6.40. The monoisotopic (exact) mass is 196 g/mol. The maximum absolute atomic E-state index is 11.1. The van der Waals surface area contributed by atoms with E-state index in [0.29, 0.717) is 12.2 Å². The minimum absolute atomic E-state index is 0.172. The predicted octanol–water partition coefficient (Wildman–Crippen LogP) is 0.869. The molecule has 0 unspecified atom stereocenters. The molecule has 0 amide bonds. The number of carboxylic acid groups (broad SMARTS) is 1. The van der Waals surface area contributed by atoms with Crippen molar-refractivity contribution < 1.29 is 14.7 Å². The van der Waals surface area contributed by atoms with Gasteiger partial charge in [0.2, 0.25) is 0 Å². The summed E-state index contributed by atoms with van der Waals surface area (Å²) in [6, 6.07) is 0. The second kappa shape index (κ2) is 4.04. The summed E-state index contributed by atoms with van der Waals surface area (Å²) in [6.45, 7) is 4.37. The quantitative estimate of drug-likeness (QED) is 0.572. The minimum Gasteiger partial charge on any atom is -0.475 e. The Morgan fingerprint density at radius 1 is 1.57 bits per heavy atom. The number of aromatic nitrogens is 2. The minimum atomic E-state index is -1.44. The Labute approximate surface area is 81.3 Å². The number of aryl methyl sites for hydroxylation is 1. The summed E-state index contributed by atoms with van der Waals surface area (Å²) in [7, 11) is 0. The number of hydrogen-bond donors (Lipinski definition) is 1. The Balaban J connectivity index is 3.00. The highest BCUT2D eigenvalue weighted by Crippen LogP contribution is 2.08. The Morgan fingerprint density at radius 3 is 2.71 bits per heavy atom. The maximum atomic E-state index is 11.1. The SMILES string of the molecule is CCCn1ncc(C(=O)C(=O)O)c1C. The highest BCUT2D eigenvalue weighted by atomic mass is 16.4. The molecule has 1 rings (SSSR count). The van der Waals surface area contributed by atoms with Gasteiger partial charge in [0.25, 0.3) is 5.78 Å². The number of carbonyl (C=O) groups excluding carboxylic acids is 1. The normalized spacial score (nSPS) is 10.1. The van der Waals surface area contributed by atoms with Gasteiger partial charge in [-0.05, 0) is 13.3 Å². The van der Waals surface area contributed by atoms with Crippen molar-refractivity contribution in [2.75, 3.05) is 0 Å². The molecule has 5 nitrogen and oxygen atoms in total. The first kappa shape index (κ1) is 10.4. The van der Waals surface area contributed by atoms with E-state index in [9.17, 15) is 9.59 Å². The number of Topliss-reactive ketones (excluding diaryl/α,β-unsaturated/α-hetero) is 1. The van der Waals surface area contributed by atoms with Crippen LogP contribution in [0.5, 0.6) is 0 Å². The van der Waals surface area contributed by atoms with E-state index >= 15 is 0 Å². The fourth-order valence-corrected chi connectivity index (χ4v) is 1.22. The van der Waals surface area contributed by atoms with E-state index in [1.54, 1.807) is 11.6 Å². The van der Waals surface area contributed by atoms with Crippen LogP contribution in [0, 0.1) is 6.92 Å². The van der Waals surface area contributed by atoms with Crippen LogP contribution >= 0.6 is 0 Å². The summed E-state index contributed by atoms with van der Waals surface area (Å²) in [5, 5.41) is 12.5. The third-order valence-corrected chi connectivity index (χ3v) is 1.98. The molecule has 0 radical (unpaired) electrons. The van der Waals surface area contributed by atoms with Gasteiger partial charge in [0, 0.05) is 12.2 Å². The first-order chi connectivity index (χ1) is 6.57. The topological polar surface area (TPSA) is 72.2 Å². The summed E-state index contributed by atoms with van der Waals surface area (Å²) in [4.78, 5) is 21.6. The van der Waals surface area contributed by atoms with E-state index in [1.165, 1.54) is 6.20 Å². The van der Waals surface area contributed by atoms with Crippen molar-refractivity contribution in [3.8, 4) is 0 Å². The molecule has 0 saturated heterocycles. The van der Waals surface area contributed by atoms with Crippen LogP contribution in [0.1, 0.15) is 29.4 Å². The fraction of sp³-hybridized carbons (Fsp3) is 0.444. The summed E-state index contributed by atoms with van der Waals surface area (Å²) in [5.74, 6) is -2.34. The van der Waals surface area contributed by atoms with Crippen LogP contribution in [-0.4, -0.2) is 26.6 Å². The largest absolute Gasteiger partial charge is 0.475 e. The van der Waals surface area contributed by atoms with Crippen LogP contribution < -0.4 is 0 Å². The van der Waals surface area contributed by atoms with Crippen LogP contribution in [0.15, 0.2) is 6.20 Å². The lowest BCUT2D eigenvalue weighted by molar-refractivity contribution is -0.131. The van der Waals surface area contributed by atoms with Crippen LogP contribution in [0.25, 0.3) is 0 Å². The first-order valence-electron chi connectivity index (χ1n) is 4.38. The summed E-state index contributed by atoms with van der Waals surface area (Å²) in [6.07, 6.45) is 2.20. The van der Waals surface area contributed by atoms with Crippen LogP contribution in [0.3, 0.4) is 0 Å². The first-order valence-corrected chi connectivity index (χ1v) is 4.38. The lowest BCUT2D eigenvalue weighted by atomic mass is 10.2. The van der Waals surface area contributed by atoms with Gasteiger partial charge in [0.05, 0.1) is 11.8 Å². The van der Waals surface area contributed by atoms with E-state index in [0.717, 1.165) is 6.42 Å². The zero-order valence-corrected chi connectivity index (χ0v) is 8.15. The second-order valence-electron chi connectivity index (χ2n) is 3.00. The molecular formula is C9H12N2O3. The molecule has 0 fully saturated rings. The van der Waals surface area contributed by atoms with Crippen LogP contribution in [0.4, 0.5) is 0 Å². The van der Waals surface area contributed by atoms with E-state index < -0.39 is 11.8 Å². The number of carboxylic acids is 1. The van der Waals surface area contributed by atoms with Crippen molar-refractivity contribution in [2.24, 2.45) is 0 Å². The van der Waals surface area contributed by atoms with Crippen molar-refractivity contribution >= 4 is 11.8 Å². The molecule has 0 aliphatic carbocycles. The number of ketones is 1. The maximum Gasteiger partial charge on any atom is 0.377 e. The van der Waals surface area contributed by atoms with Gasteiger partial charge < -0.3 is 5.11 Å². The highest BCUT2D eigenvalue weighted by Gasteiger charge is 2.19. The van der Waals surface area contributed by atoms with Gasteiger partial charge in [0.15, 0.2) is 0 Å².